The normalized spacial score (nSPS) is 42.8. The first-order valence-corrected chi connectivity index (χ1v) is 7.14. The van der Waals surface area contributed by atoms with Gasteiger partial charge in [-0.3, -0.25) is 4.90 Å². The summed E-state index contributed by atoms with van der Waals surface area (Å²) in [5.74, 6) is 0. The number of hydrogen-bond acceptors (Lipinski definition) is 2. The highest BCUT2D eigenvalue weighted by atomic mass is 15.2. The topological polar surface area (TPSA) is 15.3 Å². The van der Waals surface area contributed by atoms with Gasteiger partial charge in [-0.25, -0.2) is 0 Å². The van der Waals surface area contributed by atoms with Crippen molar-refractivity contribution in [2.45, 2.75) is 70.5 Å². The van der Waals surface area contributed by atoms with Crippen LogP contribution in [0.1, 0.15) is 52.4 Å². The van der Waals surface area contributed by atoms with E-state index in [0.717, 1.165) is 18.1 Å². The van der Waals surface area contributed by atoms with Crippen molar-refractivity contribution in [3.05, 3.63) is 0 Å². The minimum Gasteiger partial charge on any atom is -0.310 e. The van der Waals surface area contributed by atoms with Crippen LogP contribution in [0, 0.1) is 5.41 Å². The molecule has 3 rings (SSSR count). The third-order valence-corrected chi connectivity index (χ3v) is 5.02. The molecule has 2 heterocycles. The van der Waals surface area contributed by atoms with Crippen LogP contribution >= 0.6 is 0 Å². The summed E-state index contributed by atoms with van der Waals surface area (Å²) in [7, 11) is 0. The van der Waals surface area contributed by atoms with Gasteiger partial charge in [-0.2, -0.15) is 0 Å². The van der Waals surface area contributed by atoms with Gasteiger partial charge in [-0.15, -0.1) is 0 Å². The Bertz CT molecular complexity index is 261. The molecule has 1 saturated carbocycles. The van der Waals surface area contributed by atoms with Gasteiger partial charge < -0.3 is 5.32 Å². The van der Waals surface area contributed by atoms with Crippen molar-refractivity contribution < 1.29 is 0 Å². The maximum Gasteiger partial charge on any atom is 0.0250 e. The SMILES string of the molecule is CC1(C)CCC(NC2CCN3CCCC23)C1. The van der Waals surface area contributed by atoms with E-state index in [0.29, 0.717) is 5.41 Å². The molecule has 16 heavy (non-hydrogen) atoms. The highest BCUT2D eigenvalue weighted by molar-refractivity contribution is 4.98. The average molecular weight is 222 g/mol. The molecule has 1 N–H and O–H groups in total. The van der Waals surface area contributed by atoms with Crippen LogP contribution in [0.2, 0.25) is 0 Å². The second-order valence-corrected chi connectivity index (χ2v) is 6.91. The van der Waals surface area contributed by atoms with Gasteiger partial charge >= 0.3 is 0 Å². The van der Waals surface area contributed by atoms with Crippen LogP contribution in [0.25, 0.3) is 0 Å². The third-order valence-electron chi connectivity index (χ3n) is 5.02. The van der Waals surface area contributed by atoms with E-state index in [2.05, 4.69) is 24.1 Å². The Morgan fingerprint density at radius 1 is 1.12 bits per heavy atom. The number of nitrogens with one attached hydrogen (secondary N) is 1. The summed E-state index contributed by atoms with van der Waals surface area (Å²) in [6.07, 6.45) is 8.45. The van der Waals surface area contributed by atoms with E-state index in [9.17, 15) is 0 Å². The minimum atomic E-state index is 0.589. The van der Waals surface area contributed by atoms with Crippen LogP contribution < -0.4 is 5.32 Å². The Morgan fingerprint density at radius 2 is 2.00 bits per heavy atom. The van der Waals surface area contributed by atoms with Crippen molar-refractivity contribution >= 4 is 0 Å². The van der Waals surface area contributed by atoms with Gasteiger partial charge in [0.2, 0.25) is 0 Å². The first-order chi connectivity index (χ1) is 7.64. The van der Waals surface area contributed by atoms with Gasteiger partial charge in [-0.05, 0) is 50.5 Å². The molecule has 0 amide bonds. The number of rotatable bonds is 2. The molecule has 0 spiro atoms. The third kappa shape index (κ3) is 2.02. The molecular weight excluding hydrogens is 196 g/mol. The van der Waals surface area contributed by atoms with Gasteiger partial charge in [-0.1, -0.05) is 13.8 Å². The van der Waals surface area contributed by atoms with E-state index >= 15 is 0 Å². The van der Waals surface area contributed by atoms with Gasteiger partial charge in [0, 0.05) is 24.7 Å². The van der Waals surface area contributed by atoms with Crippen molar-refractivity contribution in [1.82, 2.24) is 10.2 Å². The van der Waals surface area contributed by atoms with Crippen molar-refractivity contribution in [2.75, 3.05) is 13.1 Å². The average Bonchev–Trinajstić information content (AvgIpc) is 2.84. The molecule has 2 saturated heterocycles. The maximum absolute atomic E-state index is 3.96. The predicted molar refractivity (Wildman–Crippen MR) is 67.6 cm³/mol. The molecule has 0 aromatic rings. The molecule has 3 unspecified atom stereocenters. The van der Waals surface area contributed by atoms with Crippen LogP contribution in [0.4, 0.5) is 0 Å². The molecule has 0 bridgehead atoms. The Hall–Kier alpha value is -0.0800. The molecule has 92 valence electrons. The lowest BCUT2D eigenvalue weighted by Gasteiger charge is -2.25. The second kappa shape index (κ2) is 3.99. The Morgan fingerprint density at radius 3 is 2.75 bits per heavy atom. The quantitative estimate of drug-likeness (QED) is 0.772. The van der Waals surface area contributed by atoms with E-state index in [-0.39, 0.29) is 0 Å². The summed E-state index contributed by atoms with van der Waals surface area (Å²) >= 11 is 0. The zero-order chi connectivity index (χ0) is 11.2. The predicted octanol–water partition coefficient (Wildman–Crippen LogP) is 2.39. The molecule has 2 nitrogen and oxygen atoms in total. The lowest BCUT2D eigenvalue weighted by Crippen LogP contribution is -2.43. The number of nitrogens with zero attached hydrogens (tertiary/aromatic N) is 1. The fourth-order valence-electron chi connectivity index (χ4n) is 4.16. The first kappa shape index (κ1) is 11.0. The molecule has 0 aromatic carbocycles. The molecule has 3 fully saturated rings. The second-order valence-electron chi connectivity index (χ2n) is 6.91. The van der Waals surface area contributed by atoms with E-state index in [1.54, 1.807) is 0 Å². The van der Waals surface area contributed by atoms with Gasteiger partial charge in [0.05, 0.1) is 0 Å². The van der Waals surface area contributed by atoms with Crippen LogP contribution in [0.3, 0.4) is 0 Å². The zero-order valence-corrected chi connectivity index (χ0v) is 10.8. The molecule has 2 aliphatic heterocycles. The van der Waals surface area contributed by atoms with Crippen molar-refractivity contribution in [3.63, 3.8) is 0 Å². The smallest absolute Gasteiger partial charge is 0.0250 e. The standard InChI is InChI=1S/C14H26N2/c1-14(2)7-5-11(10-14)15-12-6-9-16-8-3-4-13(12)16/h11-13,15H,3-10H2,1-2H3. The largest absolute Gasteiger partial charge is 0.310 e. The van der Waals surface area contributed by atoms with E-state index in [1.165, 1.54) is 51.6 Å². The molecular formula is C14H26N2. The highest BCUT2D eigenvalue weighted by Gasteiger charge is 2.39. The van der Waals surface area contributed by atoms with E-state index in [4.69, 9.17) is 0 Å². The van der Waals surface area contributed by atoms with E-state index in [1.807, 2.05) is 0 Å². The number of fused-ring (bicyclic) bond motifs is 1. The summed E-state index contributed by atoms with van der Waals surface area (Å²) in [6.45, 7) is 7.55. The molecule has 1 aliphatic carbocycles. The van der Waals surface area contributed by atoms with Crippen molar-refractivity contribution in [1.29, 1.82) is 0 Å². The Balaban J connectivity index is 1.56. The van der Waals surface area contributed by atoms with Crippen LogP contribution in [-0.2, 0) is 0 Å². The minimum absolute atomic E-state index is 0.589. The fourth-order valence-corrected chi connectivity index (χ4v) is 4.16. The Kier molecular flexibility index (Phi) is 2.75. The molecule has 3 aliphatic rings. The first-order valence-electron chi connectivity index (χ1n) is 7.14. The fraction of sp³-hybridized carbons (Fsp3) is 1.00. The summed E-state index contributed by atoms with van der Waals surface area (Å²) in [6, 6.07) is 2.49. The van der Waals surface area contributed by atoms with Crippen molar-refractivity contribution in [3.8, 4) is 0 Å². The van der Waals surface area contributed by atoms with E-state index < -0.39 is 0 Å². The highest BCUT2D eigenvalue weighted by Crippen LogP contribution is 2.38. The molecule has 3 atom stereocenters. The van der Waals surface area contributed by atoms with Gasteiger partial charge in [0.25, 0.3) is 0 Å². The molecule has 0 radical (unpaired) electrons. The summed E-state index contributed by atoms with van der Waals surface area (Å²) in [5, 5.41) is 3.96. The lowest BCUT2D eigenvalue weighted by molar-refractivity contribution is 0.283. The molecule has 0 aromatic heterocycles. The summed E-state index contributed by atoms with van der Waals surface area (Å²) in [4.78, 5) is 2.71. The monoisotopic (exact) mass is 222 g/mol. The Labute approximate surface area is 99.8 Å². The summed E-state index contributed by atoms with van der Waals surface area (Å²) < 4.78 is 0. The van der Waals surface area contributed by atoms with Gasteiger partial charge in [0.15, 0.2) is 0 Å². The van der Waals surface area contributed by atoms with Crippen molar-refractivity contribution in [2.24, 2.45) is 5.41 Å². The summed E-state index contributed by atoms with van der Waals surface area (Å²) in [5.41, 5.74) is 0.589. The van der Waals surface area contributed by atoms with Gasteiger partial charge in [0.1, 0.15) is 0 Å². The zero-order valence-electron chi connectivity index (χ0n) is 10.8. The maximum atomic E-state index is 3.96. The lowest BCUT2D eigenvalue weighted by atomic mass is 9.91. The molecule has 2 heteroatoms. The van der Waals surface area contributed by atoms with Crippen LogP contribution in [0.5, 0.6) is 0 Å². The van der Waals surface area contributed by atoms with Crippen LogP contribution in [-0.4, -0.2) is 36.1 Å². The van der Waals surface area contributed by atoms with Crippen LogP contribution in [0.15, 0.2) is 0 Å². The number of hydrogen-bond donors (Lipinski definition) is 1.